The fourth-order valence-electron chi connectivity index (χ4n) is 2.20. The maximum Gasteiger partial charge on any atom is 0.255 e. The van der Waals surface area contributed by atoms with Crippen molar-refractivity contribution in [3.05, 3.63) is 58.1 Å². The molecule has 0 radical (unpaired) electrons. The van der Waals surface area contributed by atoms with Crippen LogP contribution in [0.5, 0.6) is 0 Å². The van der Waals surface area contributed by atoms with Gasteiger partial charge in [0.05, 0.1) is 10.0 Å². The van der Waals surface area contributed by atoms with Gasteiger partial charge >= 0.3 is 0 Å². The monoisotopic (exact) mass is 361 g/mol. The van der Waals surface area contributed by atoms with Crippen LogP contribution < -0.4 is 5.32 Å². The summed E-state index contributed by atoms with van der Waals surface area (Å²) in [5.74, 6) is 0.354. The minimum atomic E-state index is -0.259. The van der Waals surface area contributed by atoms with Gasteiger partial charge in [0, 0.05) is 23.4 Å². The summed E-state index contributed by atoms with van der Waals surface area (Å²) in [5, 5.41) is 15.2. The Morgan fingerprint density at radius 3 is 2.75 bits per heavy atom. The van der Waals surface area contributed by atoms with Gasteiger partial charge in [0.1, 0.15) is 0 Å². The van der Waals surface area contributed by atoms with Crippen molar-refractivity contribution in [3.8, 4) is 11.4 Å². The summed E-state index contributed by atoms with van der Waals surface area (Å²) in [6, 6.07) is 12.0. The van der Waals surface area contributed by atoms with Crippen LogP contribution in [0.15, 0.2) is 42.5 Å². The average Bonchev–Trinajstić information content (AvgIpc) is 3.07. The number of carbonyl (C=O) groups is 1. The van der Waals surface area contributed by atoms with Gasteiger partial charge < -0.3 is 5.32 Å². The van der Waals surface area contributed by atoms with E-state index in [4.69, 9.17) is 23.2 Å². The summed E-state index contributed by atoms with van der Waals surface area (Å²) in [6.07, 6.45) is 0. The van der Waals surface area contributed by atoms with E-state index in [1.807, 2.05) is 13.0 Å². The average molecular weight is 362 g/mol. The number of benzene rings is 2. The molecule has 0 aliphatic carbocycles. The lowest BCUT2D eigenvalue weighted by atomic mass is 10.1. The number of aromatic nitrogens is 4. The van der Waals surface area contributed by atoms with Crippen molar-refractivity contribution in [2.75, 3.05) is 5.32 Å². The van der Waals surface area contributed by atoms with Crippen molar-refractivity contribution in [2.45, 2.75) is 13.5 Å². The van der Waals surface area contributed by atoms with Crippen LogP contribution in [0.25, 0.3) is 11.4 Å². The Bertz CT molecular complexity index is 894. The first-order valence-corrected chi connectivity index (χ1v) is 7.97. The topological polar surface area (TPSA) is 72.7 Å². The Hall–Kier alpha value is -2.44. The fourth-order valence-corrected chi connectivity index (χ4v) is 2.50. The predicted molar refractivity (Wildman–Crippen MR) is 93.3 cm³/mol. The van der Waals surface area contributed by atoms with Gasteiger partial charge in [0.2, 0.25) is 0 Å². The van der Waals surface area contributed by atoms with E-state index in [1.54, 1.807) is 41.1 Å². The molecule has 8 heteroatoms. The highest BCUT2D eigenvalue weighted by Crippen LogP contribution is 2.25. The van der Waals surface area contributed by atoms with Crippen LogP contribution in [0.4, 0.5) is 5.69 Å². The third-order valence-corrected chi connectivity index (χ3v) is 4.13. The number of rotatable bonds is 4. The normalized spacial score (nSPS) is 10.6. The highest BCUT2D eigenvalue weighted by atomic mass is 35.5. The highest BCUT2D eigenvalue weighted by Gasteiger charge is 2.12. The van der Waals surface area contributed by atoms with E-state index in [9.17, 15) is 4.79 Å². The summed E-state index contributed by atoms with van der Waals surface area (Å²) in [6.45, 7) is 2.59. The van der Waals surface area contributed by atoms with Gasteiger partial charge in [0.25, 0.3) is 5.91 Å². The molecule has 0 aliphatic rings. The van der Waals surface area contributed by atoms with Gasteiger partial charge in [0.15, 0.2) is 5.82 Å². The Balaban J connectivity index is 1.85. The second-order valence-corrected chi connectivity index (χ2v) is 5.80. The molecule has 3 aromatic rings. The van der Waals surface area contributed by atoms with Gasteiger partial charge in [-0.15, -0.1) is 5.10 Å². The predicted octanol–water partition coefficient (Wildman–Crippen LogP) is 3.92. The van der Waals surface area contributed by atoms with E-state index in [1.165, 1.54) is 0 Å². The molecule has 1 N–H and O–H groups in total. The van der Waals surface area contributed by atoms with Crippen molar-refractivity contribution in [3.63, 3.8) is 0 Å². The van der Waals surface area contributed by atoms with Gasteiger partial charge in [-0.05, 0) is 47.7 Å². The second kappa shape index (κ2) is 6.98. The molecule has 3 rings (SSSR count). The van der Waals surface area contributed by atoms with Crippen molar-refractivity contribution in [1.29, 1.82) is 0 Å². The molecule has 6 nitrogen and oxygen atoms in total. The Kier molecular flexibility index (Phi) is 4.78. The third kappa shape index (κ3) is 3.39. The molecule has 0 atom stereocenters. The lowest BCUT2D eigenvalue weighted by Crippen LogP contribution is -2.12. The summed E-state index contributed by atoms with van der Waals surface area (Å²) in [7, 11) is 0. The lowest BCUT2D eigenvalue weighted by molar-refractivity contribution is 0.102. The number of amides is 1. The van der Waals surface area contributed by atoms with Crippen LogP contribution in [-0.2, 0) is 6.54 Å². The number of nitrogens with zero attached hydrogens (tertiary/aromatic N) is 4. The van der Waals surface area contributed by atoms with Crippen LogP contribution in [0.2, 0.25) is 10.0 Å². The van der Waals surface area contributed by atoms with E-state index in [0.717, 1.165) is 5.56 Å². The molecule has 122 valence electrons. The number of halogens is 2. The quantitative estimate of drug-likeness (QED) is 0.764. The van der Waals surface area contributed by atoms with E-state index in [2.05, 4.69) is 20.8 Å². The molecule has 0 bridgehead atoms. The number of carbonyl (C=O) groups excluding carboxylic acids is 1. The lowest BCUT2D eigenvalue weighted by Gasteiger charge is -2.08. The Morgan fingerprint density at radius 1 is 1.17 bits per heavy atom. The van der Waals surface area contributed by atoms with Crippen LogP contribution in [0, 0.1) is 0 Å². The molecule has 0 saturated carbocycles. The molecule has 24 heavy (non-hydrogen) atoms. The number of hydrogen-bond donors (Lipinski definition) is 1. The van der Waals surface area contributed by atoms with Gasteiger partial charge in [-0.25, -0.2) is 4.68 Å². The first kappa shape index (κ1) is 16.4. The zero-order chi connectivity index (χ0) is 17.1. The minimum Gasteiger partial charge on any atom is -0.322 e. The number of anilines is 1. The van der Waals surface area contributed by atoms with E-state index < -0.39 is 0 Å². The second-order valence-electron chi connectivity index (χ2n) is 4.98. The molecular weight excluding hydrogens is 349 g/mol. The van der Waals surface area contributed by atoms with Crippen LogP contribution >= 0.6 is 23.2 Å². The number of nitrogens with one attached hydrogen (secondary N) is 1. The zero-order valence-electron chi connectivity index (χ0n) is 12.7. The van der Waals surface area contributed by atoms with Gasteiger partial charge in [-0.2, -0.15) is 0 Å². The summed E-state index contributed by atoms with van der Waals surface area (Å²) in [4.78, 5) is 12.4. The molecule has 0 aliphatic heterocycles. The van der Waals surface area contributed by atoms with Crippen molar-refractivity contribution < 1.29 is 4.79 Å². The molecule has 1 amide bonds. The van der Waals surface area contributed by atoms with E-state index >= 15 is 0 Å². The smallest absolute Gasteiger partial charge is 0.255 e. The summed E-state index contributed by atoms with van der Waals surface area (Å²) in [5.41, 5.74) is 1.83. The van der Waals surface area contributed by atoms with Crippen molar-refractivity contribution >= 4 is 34.8 Å². The molecular formula is C16H13Cl2N5O. The summed E-state index contributed by atoms with van der Waals surface area (Å²) >= 11 is 11.8. The van der Waals surface area contributed by atoms with Crippen molar-refractivity contribution in [1.82, 2.24) is 20.2 Å². The molecule has 2 aromatic carbocycles. The Morgan fingerprint density at radius 2 is 2.00 bits per heavy atom. The maximum absolute atomic E-state index is 12.4. The van der Waals surface area contributed by atoms with E-state index in [0.29, 0.717) is 33.7 Å². The largest absolute Gasteiger partial charge is 0.322 e. The molecule has 0 spiro atoms. The fraction of sp³-hybridized carbons (Fsp3) is 0.125. The SMILES string of the molecule is CCn1nnnc1-c1cccc(C(=O)Nc2ccc(Cl)c(Cl)c2)c1. The van der Waals surface area contributed by atoms with Crippen LogP contribution in [0.3, 0.4) is 0 Å². The first-order valence-electron chi connectivity index (χ1n) is 7.21. The zero-order valence-corrected chi connectivity index (χ0v) is 14.2. The molecule has 1 heterocycles. The summed E-state index contributed by atoms with van der Waals surface area (Å²) < 4.78 is 1.66. The third-order valence-electron chi connectivity index (χ3n) is 3.39. The molecule has 0 fully saturated rings. The standard InChI is InChI=1S/C16H13Cl2N5O/c1-2-23-15(20-21-22-23)10-4-3-5-11(8-10)16(24)19-12-6-7-13(17)14(18)9-12/h3-9H,2H2,1H3,(H,19,24). The van der Waals surface area contributed by atoms with E-state index in [-0.39, 0.29) is 5.91 Å². The molecule has 0 unspecified atom stereocenters. The maximum atomic E-state index is 12.4. The minimum absolute atomic E-state index is 0.259. The molecule has 1 aromatic heterocycles. The van der Waals surface area contributed by atoms with Crippen LogP contribution in [0.1, 0.15) is 17.3 Å². The number of aryl methyl sites for hydroxylation is 1. The first-order chi connectivity index (χ1) is 11.6. The van der Waals surface area contributed by atoms with Gasteiger partial charge in [-0.1, -0.05) is 35.3 Å². The van der Waals surface area contributed by atoms with Crippen LogP contribution in [-0.4, -0.2) is 26.1 Å². The number of hydrogen-bond acceptors (Lipinski definition) is 4. The Labute approximate surface area is 148 Å². The molecule has 0 saturated heterocycles. The van der Waals surface area contributed by atoms with Gasteiger partial charge in [-0.3, -0.25) is 4.79 Å². The highest BCUT2D eigenvalue weighted by molar-refractivity contribution is 6.42. The number of tetrazole rings is 1. The van der Waals surface area contributed by atoms with Crippen molar-refractivity contribution in [2.24, 2.45) is 0 Å².